The second kappa shape index (κ2) is 20.1. The zero-order chi connectivity index (χ0) is 41.0. The summed E-state index contributed by atoms with van der Waals surface area (Å²) in [5, 5.41) is 15.9. The van der Waals surface area contributed by atoms with E-state index >= 15 is 0 Å². The Labute approximate surface area is 389 Å². The molecule has 61 heavy (non-hydrogen) atoms. The molecular weight excluding hydrogens is 875 g/mol. The third kappa shape index (κ3) is 9.21. The summed E-state index contributed by atoms with van der Waals surface area (Å²) >= 11 is 1.36. The molecule has 0 N–H and O–H groups in total. The van der Waals surface area contributed by atoms with Gasteiger partial charge in [0.15, 0.2) is 0 Å². The van der Waals surface area contributed by atoms with Gasteiger partial charge >= 0.3 is 30.2 Å². The van der Waals surface area contributed by atoms with E-state index in [0.717, 1.165) is 5.56 Å². The number of rotatable bonds is 2. The molecule has 2 radical (unpaired) electrons. The average molecular weight is 920 g/mol. The molecule has 0 bridgehead atoms. The van der Waals surface area contributed by atoms with Crippen LogP contribution in [0.4, 0.5) is 0 Å². The summed E-state index contributed by atoms with van der Waals surface area (Å²) in [6.07, 6.45) is 0. The summed E-state index contributed by atoms with van der Waals surface area (Å²) in [6, 6.07) is 67.6. The maximum atomic E-state index is 3.72. The number of hydrogen-bond acceptors (Lipinski definition) is 0. The molecule has 11 aromatic carbocycles. The Hall–Kier alpha value is -5.21. The van der Waals surface area contributed by atoms with Crippen LogP contribution in [0, 0.1) is 34.6 Å². The van der Waals surface area contributed by atoms with E-state index in [1.807, 2.05) is 30.3 Å². The van der Waals surface area contributed by atoms with Gasteiger partial charge in [0, 0.05) is 0 Å². The van der Waals surface area contributed by atoms with E-state index in [2.05, 4.69) is 199 Å². The number of hydrogen-bond donors (Lipinski definition) is 0. The second-order valence-corrected chi connectivity index (χ2v) is 15.4. The van der Waals surface area contributed by atoms with Crippen molar-refractivity contribution < 1.29 is 48.1 Å². The van der Waals surface area contributed by atoms with Gasteiger partial charge in [0.2, 0.25) is 0 Å². The normalized spacial score (nSPS) is 10.6. The van der Waals surface area contributed by atoms with Crippen LogP contribution >= 0.6 is 0 Å². The van der Waals surface area contributed by atoms with Gasteiger partial charge < -0.3 is 24.8 Å². The molecular formula is C57H45Cl2SiZr-3. The first kappa shape index (κ1) is 45.3. The Morgan fingerprint density at radius 3 is 1.10 bits per heavy atom. The van der Waals surface area contributed by atoms with Crippen molar-refractivity contribution in [2.24, 2.45) is 0 Å². The van der Waals surface area contributed by atoms with Crippen molar-refractivity contribution in [2.75, 3.05) is 0 Å². The van der Waals surface area contributed by atoms with Crippen LogP contribution in [0.25, 0.3) is 86.9 Å². The van der Waals surface area contributed by atoms with Gasteiger partial charge in [0.05, 0.1) is 0 Å². The van der Waals surface area contributed by atoms with Gasteiger partial charge in [-0.15, -0.1) is 103 Å². The van der Waals surface area contributed by atoms with Gasteiger partial charge in [0.25, 0.3) is 0 Å². The molecule has 0 spiro atoms. The Balaban J connectivity index is 0.000000166. The van der Waals surface area contributed by atoms with Crippen LogP contribution in [0.1, 0.15) is 27.8 Å². The summed E-state index contributed by atoms with van der Waals surface area (Å²) < 4.78 is 0. The first-order valence-electron chi connectivity index (χ1n) is 20.1. The molecule has 0 amide bonds. The molecule has 11 rings (SSSR count). The van der Waals surface area contributed by atoms with Crippen LogP contribution in [0.5, 0.6) is 0 Å². The first-order valence-corrected chi connectivity index (χ1v) is 24.3. The fraction of sp³-hybridized carbons (Fsp3) is 0.0702. The topological polar surface area (TPSA) is 0 Å². The van der Waals surface area contributed by atoms with Crippen LogP contribution in [0.2, 0.25) is 0 Å². The van der Waals surface area contributed by atoms with E-state index in [0.29, 0.717) is 0 Å². The fourth-order valence-electron chi connectivity index (χ4n) is 8.75. The molecule has 0 aromatic heterocycles. The van der Waals surface area contributed by atoms with Gasteiger partial charge in [-0.25, -0.2) is 0 Å². The molecule has 0 saturated carbocycles. The third-order valence-electron chi connectivity index (χ3n) is 11.6. The molecule has 0 unspecified atom stereocenters. The van der Waals surface area contributed by atoms with Crippen LogP contribution in [-0.4, -0.2) is 6.88 Å². The Bertz CT molecular complexity index is 3060. The van der Waals surface area contributed by atoms with Gasteiger partial charge in [-0.05, 0) is 67.4 Å². The fourth-order valence-corrected chi connectivity index (χ4v) is 8.75. The molecule has 0 heterocycles. The van der Waals surface area contributed by atoms with Crippen molar-refractivity contribution >= 4 is 71.5 Å². The van der Waals surface area contributed by atoms with Gasteiger partial charge in [-0.1, -0.05) is 142 Å². The first-order chi connectivity index (χ1) is 28.8. The molecule has 0 aliphatic heterocycles. The summed E-state index contributed by atoms with van der Waals surface area (Å²) in [7, 11) is 0. The zero-order valence-corrected chi connectivity index (χ0v) is 39.8. The van der Waals surface area contributed by atoms with E-state index < -0.39 is 0 Å². The number of halogens is 2. The molecule has 298 valence electrons. The van der Waals surface area contributed by atoms with Crippen LogP contribution in [0.15, 0.2) is 188 Å². The van der Waals surface area contributed by atoms with E-state index in [-0.39, 0.29) is 24.8 Å². The minimum atomic E-state index is 0. The van der Waals surface area contributed by atoms with E-state index in [4.69, 9.17) is 0 Å². The maximum absolute atomic E-state index is 3.72. The Kier molecular flexibility index (Phi) is 14.9. The summed E-state index contributed by atoms with van der Waals surface area (Å²) in [5.74, 6) is 0. The van der Waals surface area contributed by atoms with E-state index in [1.165, 1.54) is 132 Å². The van der Waals surface area contributed by atoms with E-state index in [1.54, 1.807) is 0 Å². The Morgan fingerprint density at radius 2 is 0.721 bits per heavy atom. The van der Waals surface area contributed by atoms with E-state index in [9.17, 15) is 0 Å². The molecule has 0 atom stereocenters. The minimum absolute atomic E-state index is 0. The summed E-state index contributed by atoms with van der Waals surface area (Å²) in [6.45, 7) is 15.6. The number of fused-ring (bicyclic) bond motifs is 6. The average Bonchev–Trinajstić information content (AvgIpc) is 3.79. The van der Waals surface area contributed by atoms with Crippen LogP contribution < -0.4 is 24.8 Å². The van der Waals surface area contributed by atoms with Crippen molar-refractivity contribution in [3.63, 3.8) is 0 Å². The second-order valence-electron chi connectivity index (χ2n) is 15.4. The van der Waals surface area contributed by atoms with Crippen molar-refractivity contribution in [3.8, 4) is 22.3 Å². The predicted octanol–water partition coefficient (Wildman–Crippen LogP) is 9.79. The zero-order valence-electron chi connectivity index (χ0n) is 34.9. The van der Waals surface area contributed by atoms with Gasteiger partial charge in [0.1, 0.15) is 0 Å². The van der Waals surface area contributed by atoms with Crippen molar-refractivity contribution in [1.29, 1.82) is 0 Å². The van der Waals surface area contributed by atoms with Crippen LogP contribution in [-0.2, 0) is 23.3 Å². The van der Waals surface area contributed by atoms with Crippen molar-refractivity contribution in [2.45, 2.75) is 27.7 Å². The molecule has 11 aromatic rings. The summed E-state index contributed by atoms with van der Waals surface area (Å²) in [4.78, 5) is 0. The number of benzene rings is 9. The molecule has 4 heteroatoms. The molecule has 0 aliphatic rings. The quantitative estimate of drug-likeness (QED) is 0.0922. The molecule has 0 saturated heterocycles. The monoisotopic (exact) mass is 917 g/mol. The molecule has 0 nitrogen and oxygen atoms in total. The molecule has 0 fully saturated rings. The Morgan fingerprint density at radius 1 is 0.377 bits per heavy atom. The SMILES string of the molecule is Cc1[cH-]c2c(C)cccc2c1-c1cccc2cc3ccccc3cc12.Cc1[cH-]c2c(C)cccc2c1-c1cccc2cc3ccccc3cc12.[CH2-]c1ccccc1.[Cl-].[Cl-].[Si]=[Zr+2]. The van der Waals surface area contributed by atoms with Crippen molar-refractivity contribution in [1.82, 2.24) is 0 Å². The van der Waals surface area contributed by atoms with Gasteiger partial charge in [-0.3, -0.25) is 0 Å². The van der Waals surface area contributed by atoms with Gasteiger partial charge in [-0.2, -0.15) is 24.6 Å². The molecule has 0 aliphatic carbocycles. The predicted molar refractivity (Wildman–Crippen MR) is 256 cm³/mol. The summed E-state index contributed by atoms with van der Waals surface area (Å²) in [5.41, 5.74) is 11.9. The number of aryl methyl sites for hydroxylation is 4. The van der Waals surface area contributed by atoms with Crippen LogP contribution in [0.3, 0.4) is 0 Å². The standard InChI is InChI=1S/2C25H19.C7H7.2ClH.Si.Zr/c2*1-16-7-5-11-21-23(16)13-17(2)25(21)22-12-6-10-20-14-18-8-3-4-9-19(18)15-24(20)22;1-7-5-3-2-4-6-7;;;;/h2*3-15H,1-2H3;2-6H,1H2;2*1H;;/q3*-1;;;;+2/p-2. The third-order valence-corrected chi connectivity index (χ3v) is 11.6. The van der Waals surface area contributed by atoms with Crippen molar-refractivity contribution in [3.05, 3.63) is 223 Å².